The number of hydrogen-bond donors (Lipinski definition) is 0. The van der Waals surface area contributed by atoms with Crippen LogP contribution in [0.15, 0.2) is 216 Å². The Labute approximate surface area is 357 Å². The van der Waals surface area contributed by atoms with E-state index in [-0.39, 0.29) is 0 Å². The SMILES string of the molecule is Cc1ccccc1-c1cccc(C=NCc2cccc3oc4ccc(-c5ccc(-c6ccc7c(c6)C(c6ccccc6)(c6ccccc6)c6ccccc6-7)cc5)cc4c23)c1C. The summed E-state index contributed by atoms with van der Waals surface area (Å²) < 4.78 is 6.41. The largest absolute Gasteiger partial charge is 0.456 e. The number of rotatable bonds is 8. The van der Waals surface area contributed by atoms with Crippen molar-refractivity contribution >= 4 is 28.2 Å². The molecule has 0 amide bonds. The lowest BCUT2D eigenvalue weighted by atomic mass is 9.67. The first-order chi connectivity index (χ1) is 30.1. The van der Waals surface area contributed by atoms with Crippen LogP contribution in [0.5, 0.6) is 0 Å². The molecular weight excluding hydrogens is 739 g/mol. The summed E-state index contributed by atoms with van der Waals surface area (Å²) >= 11 is 0. The second kappa shape index (κ2) is 14.9. The van der Waals surface area contributed by atoms with Gasteiger partial charge in [0.2, 0.25) is 0 Å². The molecule has 0 aliphatic heterocycles. The van der Waals surface area contributed by atoms with Gasteiger partial charge in [0.25, 0.3) is 0 Å². The molecule has 61 heavy (non-hydrogen) atoms. The van der Waals surface area contributed by atoms with Crippen LogP contribution in [0.2, 0.25) is 0 Å². The summed E-state index contributed by atoms with van der Waals surface area (Å²) in [5, 5.41) is 2.23. The van der Waals surface area contributed by atoms with E-state index in [0.29, 0.717) is 6.54 Å². The highest BCUT2D eigenvalue weighted by Gasteiger charge is 2.46. The minimum Gasteiger partial charge on any atom is -0.456 e. The number of benzene rings is 9. The Morgan fingerprint density at radius 2 is 1.05 bits per heavy atom. The maximum absolute atomic E-state index is 6.41. The topological polar surface area (TPSA) is 25.5 Å². The zero-order valence-electron chi connectivity index (χ0n) is 34.3. The molecule has 0 bridgehead atoms. The minimum atomic E-state index is -0.428. The van der Waals surface area contributed by atoms with Gasteiger partial charge < -0.3 is 4.42 Å². The van der Waals surface area contributed by atoms with Crippen molar-refractivity contribution in [2.45, 2.75) is 25.8 Å². The Hall–Kier alpha value is -7.55. The molecule has 2 nitrogen and oxygen atoms in total. The number of aryl methyl sites for hydroxylation is 1. The van der Waals surface area contributed by atoms with Crippen molar-refractivity contribution in [1.82, 2.24) is 0 Å². The molecule has 0 saturated heterocycles. The summed E-state index contributed by atoms with van der Waals surface area (Å²) in [5.41, 5.74) is 21.1. The molecular formula is C59H43NO. The Bertz CT molecular complexity index is 3240. The van der Waals surface area contributed by atoms with Gasteiger partial charge in [-0.2, -0.15) is 0 Å². The van der Waals surface area contributed by atoms with E-state index in [4.69, 9.17) is 9.41 Å². The van der Waals surface area contributed by atoms with E-state index in [0.717, 1.165) is 44.2 Å². The van der Waals surface area contributed by atoms with Gasteiger partial charge in [-0.15, -0.1) is 0 Å². The first-order valence-electron chi connectivity index (χ1n) is 21.1. The monoisotopic (exact) mass is 781 g/mol. The van der Waals surface area contributed by atoms with Gasteiger partial charge in [-0.1, -0.05) is 182 Å². The predicted octanol–water partition coefficient (Wildman–Crippen LogP) is 15.2. The molecule has 0 radical (unpaired) electrons. The summed E-state index contributed by atoms with van der Waals surface area (Å²) in [6.45, 7) is 4.91. The zero-order valence-corrected chi connectivity index (χ0v) is 34.3. The van der Waals surface area contributed by atoms with Gasteiger partial charge in [0.05, 0.1) is 12.0 Å². The molecule has 1 heterocycles. The molecule has 0 saturated carbocycles. The lowest BCUT2D eigenvalue weighted by molar-refractivity contribution is 0.668. The minimum absolute atomic E-state index is 0.428. The van der Waals surface area contributed by atoms with E-state index >= 15 is 0 Å². The summed E-state index contributed by atoms with van der Waals surface area (Å²) in [7, 11) is 0. The highest BCUT2D eigenvalue weighted by Crippen LogP contribution is 2.56. The van der Waals surface area contributed by atoms with Crippen LogP contribution >= 0.6 is 0 Å². The van der Waals surface area contributed by atoms with Crippen LogP contribution in [-0.2, 0) is 12.0 Å². The number of hydrogen-bond acceptors (Lipinski definition) is 2. The Kier molecular flexibility index (Phi) is 8.94. The van der Waals surface area contributed by atoms with E-state index in [9.17, 15) is 0 Å². The molecule has 1 aliphatic rings. The van der Waals surface area contributed by atoms with E-state index in [2.05, 4.69) is 220 Å². The van der Waals surface area contributed by atoms with Crippen LogP contribution in [0.1, 0.15) is 44.5 Å². The standard InChI is InChI=1S/C59H43NO/c1-39-15-9-10-22-49(39)50-24-13-16-45(40(50)2)37-60-38-46-17-14-26-57-58(46)53-35-43(32-34-56(53)61-57)41-27-29-42(30-28-41)44-31-33-52-51-23-11-12-25-54(51)59(55(52)36-44,47-18-5-3-6-19-47)48-20-7-4-8-21-48/h3-37H,38H2,1-2H3. The molecule has 0 fully saturated rings. The summed E-state index contributed by atoms with van der Waals surface area (Å²) in [4.78, 5) is 5.00. The molecule has 9 aromatic carbocycles. The summed E-state index contributed by atoms with van der Waals surface area (Å²) in [5.74, 6) is 0. The second-order valence-electron chi connectivity index (χ2n) is 16.3. The van der Waals surface area contributed by atoms with Crippen LogP contribution < -0.4 is 0 Å². The molecule has 1 aliphatic carbocycles. The van der Waals surface area contributed by atoms with Gasteiger partial charge >= 0.3 is 0 Å². The molecule has 1 aromatic heterocycles. The highest BCUT2D eigenvalue weighted by molar-refractivity contribution is 6.08. The van der Waals surface area contributed by atoms with Crippen molar-refractivity contribution < 1.29 is 4.42 Å². The van der Waals surface area contributed by atoms with Crippen LogP contribution in [0.4, 0.5) is 0 Å². The van der Waals surface area contributed by atoms with E-state index < -0.39 is 5.41 Å². The summed E-state index contributed by atoms with van der Waals surface area (Å²) in [6, 6.07) is 74.9. The second-order valence-corrected chi connectivity index (χ2v) is 16.3. The molecule has 0 unspecified atom stereocenters. The van der Waals surface area contributed by atoms with Crippen molar-refractivity contribution in [2.75, 3.05) is 0 Å². The van der Waals surface area contributed by atoms with Crippen LogP contribution in [-0.4, -0.2) is 6.21 Å². The Morgan fingerprint density at radius 1 is 0.459 bits per heavy atom. The molecule has 0 spiro atoms. The molecule has 2 heteroatoms. The molecule has 0 N–H and O–H groups in total. The third-order valence-electron chi connectivity index (χ3n) is 12.9. The third kappa shape index (κ3) is 6.06. The number of nitrogens with zero attached hydrogens (tertiary/aromatic N) is 1. The van der Waals surface area contributed by atoms with Gasteiger partial charge in [0, 0.05) is 17.0 Å². The number of furan rings is 1. The summed E-state index contributed by atoms with van der Waals surface area (Å²) in [6.07, 6.45) is 2.02. The fraction of sp³-hybridized carbons (Fsp3) is 0.0678. The van der Waals surface area contributed by atoms with Gasteiger partial charge in [-0.25, -0.2) is 0 Å². The predicted molar refractivity (Wildman–Crippen MR) is 255 cm³/mol. The molecule has 10 aromatic rings. The maximum Gasteiger partial charge on any atom is 0.135 e. The lowest BCUT2D eigenvalue weighted by Crippen LogP contribution is -2.28. The Balaban J connectivity index is 0.927. The fourth-order valence-corrected chi connectivity index (χ4v) is 9.89. The van der Waals surface area contributed by atoms with Crippen LogP contribution in [0, 0.1) is 13.8 Å². The van der Waals surface area contributed by atoms with Gasteiger partial charge in [-0.3, -0.25) is 4.99 Å². The van der Waals surface area contributed by atoms with Gasteiger partial charge in [0.1, 0.15) is 11.2 Å². The average Bonchev–Trinajstić information content (AvgIpc) is 3.84. The Morgan fingerprint density at radius 3 is 1.79 bits per heavy atom. The average molecular weight is 782 g/mol. The van der Waals surface area contributed by atoms with Crippen LogP contribution in [0.25, 0.3) is 66.4 Å². The lowest BCUT2D eigenvalue weighted by Gasteiger charge is -2.34. The van der Waals surface area contributed by atoms with E-state index in [1.54, 1.807) is 0 Å². The van der Waals surface area contributed by atoms with Gasteiger partial charge in [0.15, 0.2) is 0 Å². The number of aliphatic imine (C=N–C) groups is 1. The van der Waals surface area contributed by atoms with E-state index in [1.165, 1.54) is 66.8 Å². The zero-order chi connectivity index (χ0) is 40.9. The third-order valence-corrected chi connectivity index (χ3v) is 12.9. The number of fused-ring (bicyclic) bond motifs is 6. The van der Waals surface area contributed by atoms with Crippen molar-refractivity contribution in [3.8, 4) is 44.5 Å². The van der Waals surface area contributed by atoms with Crippen molar-refractivity contribution in [3.63, 3.8) is 0 Å². The van der Waals surface area contributed by atoms with Crippen molar-refractivity contribution in [3.05, 3.63) is 251 Å². The van der Waals surface area contributed by atoms with Crippen molar-refractivity contribution in [2.24, 2.45) is 4.99 Å². The maximum atomic E-state index is 6.41. The first-order valence-corrected chi connectivity index (χ1v) is 21.1. The van der Waals surface area contributed by atoms with E-state index in [1.807, 2.05) is 6.21 Å². The molecule has 290 valence electrons. The van der Waals surface area contributed by atoms with Crippen molar-refractivity contribution in [1.29, 1.82) is 0 Å². The molecule has 11 rings (SSSR count). The first kappa shape index (κ1) is 36.5. The van der Waals surface area contributed by atoms with Gasteiger partial charge in [-0.05, 0) is 127 Å². The normalized spacial score (nSPS) is 12.9. The quantitative estimate of drug-likeness (QED) is 0.141. The molecule has 0 atom stereocenters. The smallest absolute Gasteiger partial charge is 0.135 e. The fourth-order valence-electron chi connectivity index (χ4n) is 9.89. The van der Waals surface area contributed by atoms with Crippen LogP contribution in [0.3, 0.4) is 0 Å². The highest BCUT2D eigenvalue weighted by atomic mass is 16.3.